The van der Waals surface area contributed by atoms with E-state index in [1.54, 1.807) is 6.26 Å². The highest BCUT2D eigenvalue weighted by atomic mass is 16.3. The fourth-order valence-electron chi connectivity index (χ4n) is 3.18. The lowest BCUT2D eigenvalue weighted by Gasteiger charge is -2.31. The second-order valence-electron chi connectivity index (χ2n) is 5.83. The van der Waals surface area contributed by atoms with E-state index in [1.165, 1.54) is 16.0 Å². The molecule has 1 aromatic carbocycles. The van der Waals surface area contributed by atoms with E-state index in [2.05, 4.69) is 29.6 Å². The van der Waals surface area contributed by atoms with Gasteiger partial charge in [0.05, 0.1) is 19.4 Å². The van der Waals surface area contributed by atoms with Gasteiger partial charge in [-0.1, -0.05) is 31.2 Å². The van der Waals surface area contributed by atoms with Crippen molar-refractivity contribution in [2.75, 3.05) is 13.1 Å². The number of fused-ring (bicyclic) bond motifs is 1. The smallest absolute Gasteiger partial charge is 0.219 e. The fourth-order valence-corrected chi connectivity index (χ4v) is 3.18. The Kier molecular flexibility index (Phi) is 4.59. The molecule has 2 atom stereocenters. The van der Waals surface area contributed by atoms with Gasteiger partial charge in [0, 0.05) is 18.4 Å². The molecule has 0 aliphatic carbocycles. The number of amides is 1. The highest BCUT2D eigenvalue weighted by Gasteiger charge is 2.30. The van der Waals surface area contributed by atoms with Crippen LogP contribution in [0.4, 0.5) is 0 Å². The summed E-state index contributed by atoms with van der Waals surface area (Å²) in [5.74, 6) is 1.04. The van der Waals surface area contributed by atoms with E-state index in [9.17, 15) is 4.79 Å². The molecule has 0 radical (unpaired) electrons. The van der Waals surface area contributed by atoms with Crippen LogP contribution in [-0.4, -0.2) is 19.0 Å². The van der Waals surface area contributed by atoms with Crippen molar-refractivity contribution in [3.63, 3.8) is 0 Å². The molecule has 0 saturated heterocycles. The number of nitrogens with one attached hydrogen (secondary N) is 2. The summed E-state index contributed by atoms with van der Waals surface area (Å²) >= 11 is 0. The van der Waals surface area contributed by atoms with Crippen LogP contribution in [-0.2, 0) is 17.8 Å². The highest BCUT2D eigenvalue weighted by Crippen LogP contribution is 2.15. The molecule has 1 aromatic heterocycles. The average molecular weight is 299 g/mol. The molecule has 2 N–H and O–H groups in total. The first-order valence-corrected chi connectivity index (χ1v) is 7.99. The Morgan fingerprint density at radius 2 is 2.09 bits per heavy atom. The Bertz CT molecular complexity index is 622. The molecule has 4 nitrogen and oxygen atoms in total. The van der Waals surface area contributed by atoms with E-state index in [1.807, 2.05) is 19.1 Å². The third-order valence-electron chi connectivity index (χ3n) is 4.46. The summed E-state index contributed by atoms with van der Waals surface area (Å²) in [5.41, 5.74) is 2.85. The maximum Gasteiger partial charge on any atom is 0.219 e. The number of hydrogen-bond acceptors (Lipinski definition) is 2. The van der Waals surface area contributed by atoms with Gasteiger partial charge in [-0.2, -0.15) is 0 Å². The minimum atomic E-state index is 0.0911. The van der Waals surface area contributed by atoms with Crippen molar-refractivity contribution in [3.8, 4) is 0 Å². The largest absolute Gasteiger partial charge is 0.463 e. The fraction of sp³-hybridized carbons (Fsp3) is 0.389. The molecule has 1 unspecified atom stereocenters. The summed E-state index contributed by atoms with van der Waals surface area (Å²) in [6, 6.07) is 12.7. The molecule has 0 spiro atoms. The van der Waals surface area contributed by atoms with Crippen molar-refractivity contribution in [1.82, 2.24) is 5.32 Å². The summed E-state index contributed by atoms with van der Waals surface area (Å²) in [5, 5.41) is 3.02. The standard InChI is InChI=1S/C18H22N2O2/c1-2-18(21)19-12-16(17-8-5-11-22-17)20-10-9-14-6-3-4-7-15(14)13-20/h3-8,11,16H,2,9-10,12-13H2,1H3,(H,19,21)/p+1/t16-/m1/s1. The molecular formula is C18H23N2O2+. The molecule has 22 heavy (non-hydrogen) atoms. The van der Waals surface area contributed by atoms with Crippen LogP contribution >= 0.6 is 0 Å². The molecule has 3 rings (SSSR count). The zero-order chi connectivity index (χ0) is 15.4. The summed E-state index contributed by atoms with van der Waals surface area (Å²) in [6.07, 6.45) is 3.30. The number of furan rings is 1. The van der Waals surface area contributed by atoms with E-state index >= 15 is 0 Å². The first-order valence-electron chi connectivity index (χ1n) is 7.99. The molecule has 0 saturated carbocycles. The highest BCUT2D eigenvalue weighted by molar-refractivity contribution is 5.75. The van der Waals surface area contributed by atoms with Crippen LogP contribution < -0.4 is 10.2 Å². The molecule has 1 amide bonds. The van der Waals surface area contributed by atoms with Gasteiger partial charge < -0.3 is 14.6 Å². The second-order valence-corrected chi connectivity index (χ2v) is 5.83. The van der Waals surface area contributed by atoms with Crippen LogP contribution in [0.3, 0.4) is 0 Å². The van der Waals surface area contributed by atoms with Crippen molar-refractivity contribution in [3.05, 3.63) is 59.5 Å². The Labute approximate surface area is 131 Å². The summed E-state index contributed by atoms with van der Waals surface area (Å²) in [7, 11) is 0. The zero-order valence-corrected chi connectivity index (χ0v) is 13.0. The van der Waals surface area contributed by atoms with Gasteiger partial charge in [0.25, 0.3) is 0 Å². The first kappa shape index (κ1) is 14.9. The van der Waals surface area contributed by atoms with Crippen LogP contribution in [0.2, 0.25) is 0 Å². The molecule has 2 aromatic rings. The lowest BCUT2D eigenvalue weighted by molar-refractivity contribution is -0.946. The number of rotatable bonds is 5. The van der Waals surface area contributed by atoms with Gasteiger partial charge in [-0.15, -0.1) is 0 Å². The molecule has 0 bridgehead atoms. The summed E-state index contributed by atoms with van der Waals surface area (Å²) < 4.78 is 5.63. The van der Waals surface area contributed by atoms with Gasteiger partial charge in [0.15, 0.2) is 11.8 Å². The Morgan fingerprint density at radius 1 is 1.27 bits per heavy atom. The van der Waals surface area contributed by atoms with Gasteiger partial charge in [-0.25, -0.2) is 0 Å². The lowest BCUT2D eigenvalue weighted by Crippen LogP contribution is -3.12. The Hall–Kier alpha value is -2.07. The van der Waals surface area contributed by atoms with Crippen molar-refractivity contribution < 1.29 is 14.1 Å². The molecule has 1 aliphatic heterocycles. The Morgan fingerprint density at radius 3 is 2.82 bits per heavy atom. The van der Waals surface area contributed by atoms with Crippen LogP contribution in [0.25, 0.3) is 0 Å². The SMILES string of the molecule is CCC(=O)NC[C@H](c1ccco1)[NH+]1CCc2ccccc2C1. The second kappa shape index (κ2) is 6.79. The average Bonchev–Trinajstić information content (AvgIpc) is 3.09. The van der Waals surface area contributed by atoms with Gasteiger partial charge in [0.2, 0.25) is 5.91 Å². The number of quaternary nitrogens is 1. The van der Waals surface area contributed by atoms with E-state index in [-0.39, 0.29) is 11.9 Å². The van der Waals surface area contributed by atoms with Gasteiger partial charge in [-0.3, -0.25) is 4.79 Å². The topological polar surface area (TPSA) is 46.7 Å². The number of carbonyl (C=O) groups is 1. The normalized spacial score (nSPS) is 18.5. The van der Waals surface area contributed by atoms with Gasteiger partial charge in [0.1, 0.15) is 6.54 Å². The Balaban J connectivity index is 1.76. The quantitative estimate of drug-likeness (QED) is 0.879. The molecule has 2 heterocycles. The van der Waals surface area contributed by atoms with Crippen molar-refractivity contribution in [1.29, 1.82) is 0 Å². The van der Waals surface area contributed by atoms with Gasteiger partial charge >= 0.3 is 0 Å². The minimum absolute atomic E-state index is 0.0911. The van der Waals surface area contributed by atoms with E-state index in [0.717, 1.165) is 25.3 Å². The van der Waals surface area contributed by atoms with Crippen LogP contribution in [0.15, 0.2) is 47.1 Å². The molecule has 116 valence electrons. The summed E-state index contributed by atoms with van der Waals surface area (Å²) in [6.45, 7) is 4.53. The van der Waals surface area contributed by atoms with E-state index < -0.39 is 0 Å². The number of carbonyl (C=O) groups excluding carboxylic acids is 1. The van der Waals surface area contributed by atoms with Gasteiger partial charge in [-0.05, 0) is 17.7 Å². The zero-order valence-electron chi connectivity index (χ0n) is 13.0. The van der Waals surface area contributed by atoms with Crippen molar-refractivity contribution in [2.24, 2.45) is 0 Å². The van der Waals surface area contributed by atoms with Crippen molar-refractivity contribution >= 4 is 5.91 Å². The van der Waals surface area contributed by atoms with E-state index in [4.69, 9.17) is 4.42 Å². The molecule has 1 aliphatic rings. The van der Waals surface area contributed by atoms with Crippen molar-refractivity contribution in [2.45, 2.75) is 32.4 Å². The molecule has 4 heteroatoms. The molecular weight excluding hydrogens is 276 g/mol. The predicted molar refractivity (Wildman–Crippen MR) is 84.4 cm³/mol. The van der Waals surface area contributed by atoms with Crippen LogP contribution in [0.1, 0.15) is 36.3 Å². The summed E-state index contributed by atoms with van der Waals surface area (Å²) in [4.78, 5) is 13.1. The molecule has 0 fully saturated rings. The third-order valence-corrected chi connectivity index (χ3v) is 4.46. The maximum absolute atomic E-state index is 11.6. The maximum atomic E-state index is 11.6. The number of benzene rings is 1. The predicted octanol–water partition coefficient (Wildman–Crippen LogP) is 1.49. The monoisotopic (exact) mass is 299 g/mol. The third kappa shape index (κ3) is 3.22. The van der Waals surface area contributed by atoms with Crippen LogP contribution in [0, 0.1) is 0 Å². The first-order chi connectivity index (χ1) is 10.8. The number of hydrogen-bond donors (Lipinski definition) is 2. The minimum Gasteiger partial charge on any atom is -0.463 e. The van der Waals surface area contributed by atoms with E-state index in [0.29, 0.717) is 13.0 Å². The lowest BCUT2D eigenvalue weighted by atomic mass is 9.98. The van der Waals surface area contributed by atoms with Crippen LogP contribution in [0.5, 0.6) is 0 Å².